The minimum absolute atomic E-state index is 0.00834. The number of benzene rings is 1. The maximum absolute atomic E-state index is 6.21. The van der Waals surface area contributed by atoms with Gasteiger partial charge in [-0.3, -0.25) is 4.99 Å². The van der Waals surface area contributed by atoms with Gasteiger partial charge in [0.25, 0.3) is 0 Å². The summed E-state index contributed by atoms with van der Waals surface area (Å²) in [6.45, 7) is 8.23. The minimum atomic E-state index is -0.00834. The molecule has 1 aromatic heterocycles. The lowest BCUT2D eigenvalue weighted by Gasteiger charge is -2.28. The van der Waals surface area contributed by atoms with Gasteiger partial charge in [0.05, 0.1) is 52.9 Å². The predicted octanol–water partition coefficient (Wildman–Crippen LogP) is 3.53. The van der Waals surface area contributed by atoms with Crippen molar-refractivity contribution in [1.29, 1.82) is 0 Å². The number of hydrogen-bond donors (Lipinski definition) is 0. The second kappa shape index (κ2) is 10.4. The van der Waals surface area contributed by atoms with Crippen molar-refractivity contribution in [3.05, 3.63) is 34.8 Å². The summed E-state index contributed by atoms with van der Waals surface area (Å²) in [5.74, 6) is 2.44. The number of pyridine rings is 1. The quantitative estimate of drug-likeness (QED) is 0.585. The summed E-state index contributed by atoms with van der Waals surface area (Å²) in [5.41, 5.74) is 5.45. The molecule has 174 valence electrons. The fraction of sp³-hybridized carbons (Fsp3) is 0.560. The van der Waals surface area contributed by atoms with Gasteiger partial charge in [-0.1, -0.05) is 13.3 Å². The first-order valence-corrected chi connectivity index (χ1v) is 11.5. The smallest absolute Gasteiger partial charge is 0.164 e. The predicted molar refractivity (Wildman–Crippen MR) is 123 cm³/mol. The molecule has 2 aromatic rings. The number of hydrogen-bond acceptors (Lipinski definition) is 6. The van der Waals surface area contributed by atoms with Crippen molar-refractivity contribution in [3.63, 3.8) is 0 Å². The Labute approximate surface area is 189 Å². The molecule has 0 amide bonds. The average molecular weight is 443 g/mol. The Hall–Kier alpha value is -2.51. The summed E-state index contributed by atoms with van der Waals surface area (Å²) >= 11 is 0. The molecule has 7 heteroatoms. The Balaban J connectivity index is 1.82. The zero-order chi connectivity index (χ0) is 22.5. The van der Waals surface area contributed by atoms with E-state index in [4.69, 9.17) is 28.7 Å². The lowest BCUT2D eigenvalue weighted by Crippen LogP contribution is -2.33. The summed E-state index contributed by atoms with van der Waals surface area (Å²) in [4.78, 5) is 4.94. The number of methoxy groups -OCH3 is 2. The molecule has 7 nitrogen and oxygen atoms in total. The van der Waals surface area contributed by atoms with Gasteiger partial charge in [-0.05, 0) is 31.9 Å². The van der Waals surface area contributed by atoms with Crippen LogP contribution in [0.25, 0.3) is 11.3 Å². The highest BCUT2D eigenvalue weighted by Gasteiger charge is 2.25. The lowest BCUT2D eigenvalue weighted by molar-refractivity contribution is -0.0835. The van der Waals surface area contributed by atoms with Crippen LogP contribution in [0.2, 0.25) is 0 Å². The van der Waals surface area contributed by atoms with Crippen LogP contribution >= 0.6 is 0 Å². The molecule has 0 N–H and O–H groups in total. The summed E-state index contributed by atoms with van der Waals surface area (Å²) in [6, 6.07) is 6.16. The summed E-state index contributed by atoms with van der Waals surface area (Å²) in [6.07, 6.45) is 2.94. The van der Waals surface area contributed by atoms with Crippen molar-refractivity contribution >= 4 is 0 Å². The van der Waals surface area contributed by atoms with Crippen LogP contribution in [0.15, 0.2) is 23.2 Å². The van der Waals surface area contributed by atoms with Crippen molar-refractivity contribution in [2.24, 2.45) is 4.99 Å². The van der Waals surface area contributed by atoms with E-state index < -0.39 is 0 Å². The molecule has 1 atom stereocenters. The fourth-order valence-corrected chi connectivity index (χ4v) is 4.44. The van der Waals surface area contributed by atoms with E-state index in [2.05, 4.69) is 30.5 Å². The largest absolute Gasteiger partial charge is 0.493 e. The van der Waals surface area contributed by atoms with Crippen LogP contribution in [0, 0.1) is 6.92 Å². The first kappa shape index (κ1) is 22.7. The SMILES string of the molecule is CCCCOc1cc(=NCC2COCCO2)n2c(c1C)-c1ccc(OC)c(OC)c1CC2. The number of rotatable bonds is 8. The van der Waals surface area contributed by atoms with E-state index in [0.29, 0.717) is 33.0 Å². The van der Waals surface area contributed by atoms with Crippen LogP contribution < -0.4 is 19.7 Å². The van der Waals surface area contributed by atoms with Gasteiger partial charge in [0.15, 0.2) is 11.5 Å². The molecule has 0 bridgehead atoms. The molecule has 0 spiro atoms. The molecule has 0 saturated carbocycles. The van der Waals surface area contributed by atoms with Crippen LogP contribution in [0.3, 0.4) is 0 Å². The van der Waals surface area contributed by atoms with Crippen LogP contribution in [0.1, 0.15) is 30.9 Å². The van der Waals surface area contributed by atoms with E-state index in [1.807, 2.05) is 6.07 Å². The molecule has 0 radical (unpaired) electrons. The van der Waals surface area contributed by atoms with Gasteiger partial charge in [0.2, 0.25) is 0 Å². The fourth-order valence-electron chi connectivity index (χ4n) is 4.44. The molecular weight excluding hydrogens is 408 g/mol. The minimum Gasteiger partial charge on any atom is -0.493 e. The Bertz CT molecular complexity index is 1010. The normalized spacial score (nSPS) is 18.1. The van der Waals surface area contributed by atoms with Crippen LogP contribution in [-0.4, -0.2) is 57.9 Å². The molecule has 2 aliphatic rings. The number of aromatic nitrogens is 1. The third-order valence-electron chi connectivity index (χ3n) is 6.12. The molecule has 1 aromatic carbocycles. The molecule has 32 heavy (non-hydrogen) atoms. The highest BCUT2D eigenvalue weighted by molar-refractivity contribution is 5.75. The van der Waals surface area contributed by atoms with Crippen molar-refractivity contribution in [1.82, 2.24) is 4.57 Å². The Morgan fingerprint density at radius 1 is 1.16 bits per heavy atom. The van der Waals surface area contributed by atoms with Crippen molar-refractivity contribution in [3.8, 4) is 28.5 Å². The second-order valence-electron chi connectivity index (χ2n) is 8.18. The zero-order valence-corrected chi connectivity index (χ0v) is 19.6. The Morgan fingerprint density at radius 2 is 2.03 bits per heavy atom. The Morgan fingerprint density at radius 3 is 2.75 bits per heavy atom. The maximum atomic E-state index is 6.21. The number of fused-ring (bicyclic) bond motifs is 3. The van der Waals surface area contributed by atoms with Gasteiger partial charge >= 0.3 is 0 Å². The van der Waals surface area contributed by atoms with E-state index in [1.165, 1.54) is 0 Å². The zero-order valence-electron chi connectivity index (χ0n) is 19.6. The first-order chi connectivity index (χ1) is 15.7. The summed E-state index contributed by atoms with van der Waals surface area (Å²) < 4.78 is 31.1. The van der Waals surface area contributed by atoms with Crippen LogP contribution in [0.4, 0.5) is 0 Å². The number of unbranched alkanes of at least 4 members (excludes halogenated alkanes) is 1. The molecule has 1 unspecified atom stereocenters. The van der Waals surface area contributed by atoms with E-state index in [9.17, 15) is 0 Å². The standard InChI is InChI=1S/C25H34N2O5/c1-5-6-11-32-22-14-23(26-15-18-16-30-12-13-31-18)27-10-9-20-19(24(27)17(22)2)7-8-21(28-3)25(20)29-4/h7-8,14,18H,5-6,9-13,15-16H2,1-4H3. The van der Waals surface area contributed by atoms with Crippen LogP contribution in [0.5, 0.6) is 17.2 Å². The van der Waals surface area contributed by atoms with Crippen molar-refractivity contribution < 1.29 is 23.7 Å². The third kappa shape index (κ3) is 4.50. The van der Waals surface area contributed by atoms with Gasteiger partial charge in [-0.25, -0.2) is 0 Å². The van der Waals surface area contributed by atoms with Crippen LogP contribution in [-0.2, 0) is 22.4 Å². The maximum Gasteiger partial charge on any atom is 0.164 e. The lowest BCUT2D eigenvalue weighted by atomic mass is 9.93. The summed E-state index contributed by atoms with van der Waals surface area (Å²) in [7, 11) is 3.37. The Kier molecular flexibility index (Phi) is 7.37. The molecule has 1 fully saturated rings. The molecule has 2 aliphatic heterocycles. The van der Waals surface area contributed by atoms with Crippen molar-refractivity contribution in [2.45, 2.75) is 45.8 Å². The summed E-state index contributed by atoms with van der Waals surface area (Å²) in [5, 5.41) is 0. The van der Waals surface area contributed by atoms with E-state index >= 15 is 0 Å². The monoisotopic (exact) mass is 442 g/mol. The topological polar surface area (TPSA) is 63.4 Å². The molecule has 4 rings (SSSR count). The van der Waals surface area contributed by atoms with E-state index in [1.54, 1.807) is 14.2 Å². The number of nitrogens with zero attached hydrogens (tertiary/aromatic N) is 2. The van der Waals surface area contributed by atoms with Gasteiger partial charge in [-0.2, -0.15) is 0 Å². The highest BCUT2D eigenvalue weighted by atomic mass is 16.6. The van der Waals surface area contributed by atoms with E-state index in [-0.39, 0.29) is 6.10 Å². The third-order valence-corrected chi connectivity index (χ3v) is 6.12. The van der Waals surface area contributed by atoms with Gasteiger partial charge < -0.3 is 28.3 Å². The molecule has 3 heterocycles. The molecular formula is C25H34N2O5. The average Bonchev–Trinajstić information content (AvgIpc) is 2.84. The number of ether oxygens (including phenoxy) is 5. The molecule has 1 saturated heterocycles. The first-order valence-electron chi connectivity index (χ1n) is 11.5. The van der Waals surface area contributed by atoms with Gasteiger partial charge in [0, 0.05) is 29.3 Å². The second-order valence-corrected chi connectivity index (χ2v) is 8.18. The van der Waals surface area contributed by atoms with Gasteiger partial charge in [-0.15, -0.1) is 0 Å². The van der Waals surface area contributed by atoms with Gasteiger partial charge in [0.1, 0.15) is 17.3 Å². The highest BCUT2D eigenvalue weighted by Crippen LogP contribution is 2.42. The van der Waals surface area contributed by atoms with E-state index in [0.717, 1.165) is 70.9 Å². The molecule has 0 aliphatic carbocycles. The van der Waals surface area contributed by atoms with Crippen molar-refractivity contribution in [2.75, 3.05) is 47.2 Å².